The lowest BCUT2D eigenvalue weighted by atomic mass is 10.1. The highest BCUT2D eigenvalue weighted by molar-refractivity contribution is 5.88. The van der Waals surface area contributed by atoms with Gasteiger partial charge < -0.3 is 10.1 Å². The van der Waals surface area contributed by atoms with Gasteiger partial charge in [-0.3, -0.25) is 0 Å². The molecule has 1 N–H and O–H groups in total. The van der Waals surface area contributed by atoms with E-state index in [0.717, 1.165) is 0 Å². The Bertz CT molecular complexity index is 409. The topological polar surface area (TPSA) is 38.3 Å². The number of hydrogen-bond acceptors (Lipinski definition) is 3. The van der Waals surface area contributed by atoms with Gasteiger partial charge >= 0.3 is 5.97 Å². The maximum atomic E-state index is 11.4. The molecule has 0 saturated carbocycles. The summed E-state index contributed by atoms with van der Waals surface area (Å²) in [7, 11) is 0. The second-order valence-corrected chi connectivity index (χ2v) is 4.34. The van der Waals surface area contributed by atoms with Gasteiger partial charge in [-0.1, -0.05) is 36.4 Å². The predicted octanol–water partition coefficient (Wildman–Crippen LogP) is 2.76. The first kappa shape index (κ1) is 14.5. The largest absolute Gasteiger partial charge is 0.463 e. The number of benzene rings is 1. The van der Waals surface area contributed by atoms with Gasteiger partial charge in [-0.15, -0.1) is 0 Å². The van der Waals surface area contributed by atoms with Crippen LogP contribution in [0, 0.1) is 6.92 Å². The number of rotatable bonds is 6. The Morgan fingerprint density at radius 2 is 2.00 bits per heavy atom. The van der Waals surface area contributed by atoms with Crippen LogP contribution in [0.1, 0.15) is 31.0 Å². The van der Waals surface area contributed by atoms with Crippen molar-refractivity contribution < 1.29 is 9.53 Å². The molecular formula is C15H21NO2. The average molecular weight is 247 g/mol. The second-order valence-electron chi connectivity index (χ2n) is 4.34. The summed E-state index contributed by atoms with van der Waals surface area (Å²) in [6.07, 6.45) is 0. The molecular weight excluding hydrogens is 226 g/mol. The van der Waals surface area contributed by atoms with Crippen molar-refractivity contribution in [2.75, 3.05) is 13.2 Å². The molecule has 1 aromatic carbocycles. The van der Waals surface area contributed by atoms with Crippen LogP contribution in [0.4, 0.5) is 0 Å². The minimum Gasteiger partial charge on any atom is -0.463 e. The van der Waals surface area contributed by atoms with Crippen molar-refractivity contribution in [3.63, 3.8) is 0 Å². The van der Waals surface area contributed by atoms with Crippen LogP contribution in [0.25, 0.3) is 0 Å². The van der Waals surface area contributed by atoms with Crippen LogP contribution in [-0.4, -0.2) is 19.1 Å². The van der Waals surface area contributed by atoms with Crippen molar-refractivity contribution in [1.29, 1.82) is 0 Å². The molecule has 1 unspecified atom stereocenters. The Morgan fingerprint density at radius 3 is 2.56 bits per heavy atom. The lowest BCUT2D eigenvalue weighted by Crippen LogP contribution is -2.24. The Hall–Kier alpha value is -1.61. The van der Waals surface area contributed by atoms with E-state index < -0.39 is 0 Å². The molecule has 0 aliphatic carbocycles. The molecule has 1 aromatic rings. The summed E-state index contributed by atoms with van der Waals surface area (Å²) in [4.78, 5) is 11.4. The minimum absolute atomic E-state index is 0.178. The smallest absolute Gasteiger partial charge is 0.334 e. The van der Waals surface area contributed by atoms with E-state index in [-0.39, 0.29) is 12.0 Å². The summed E-state index contributed by atoms with van der Waals surface area (Å²) < 4.78 is 4.88. The third-order valence-corrected chi connectivity index (χ3v) is 2.76. The molecule has 0 radical (unpaired) electrons. The SMILES string of the molecule is C=C(CNC(C)c1ccc(C)cc1)C(=O)OCC. The van der Waals surface area contributed by atoms with Crippen molar-refractivity contribution >= 4 is 5.97 Å². The fourth-order valence-electron chi connectivity index (χ4n) is 1.55. The van der Waals surface area contributed by atoms with E-state index in [0.29, 0.717) is 18.7 Å². The summed E-state index contributed by atoms with van der Waals surface area (Å²) in [6.45, 7) is 10.4. The van der Waals surface area contributed by atoms with E-state index in [1.54, 1.807) is 6.92 Å². The summed E-state index contributed by atoms with van der Waals surface area (Å²) >= 11 is 0. The van der Waals surface area contributed by atoms with Crippen LogP contribution >= 0.6 is 0 Å². The highest BCUT2D eigenvalue weighted by Crippen LogP contribution is 2.13. The molecule has 0 saturated heterocycles. The highest BCUT2D eigenvalue weighted by atomic mass is 16.5. The summed E-state index contributed by atoms with van der Waals surface area (Å²) in [5, 5.41) is 3.26. The number of ether oxygens (including phenoxy) is 1. The number of aryl methyl sites for hydroxylation is 1. The highest BCUT2D eigenvalue weighted by Gasteiger charge is 2.10. The molecule has 0 aromatic heterocycles. The Kier molecular flexibility index (Phi) is 5.59. The van der Waals surface area contributed by atoms with Crippen LogP contribution in [0.5, 0.6) is 0 Å². The third-order valence-electron chi connectivity index (χ3n) is 2.76. The van der Waals surface area contributed by atoms with E-state index in [9.17, 15) is 4.79 Å². The van der Waals surface area contributed by atoms with Gasteiger partial charge in [0.05, 0.1) is 6.61 Å². The Labute approximate surface area is 109 Å². The first-order chi connectivity index (χ1) is 8.54. The van der Waals surface area contributed by atoms with E-state index in [1.807, 2.05) is 0 Å². The van der Waals surface area contributed by atoms with Crippen molar-refractivity contribution in [3.05, 3.63) is 47.5 Å². The molecule has 3 nitrogen and oxygen atoms in total. The van der Waals surface area contributed by atoms with Gasteiger partial charge in [-0.05, 0) is 26.3 Å². The van der Waals surface area contributed by atoms with Crippen molar-refractivity contribution in [1.82, 2.24) is 5.32 Å². The van der Waals surface area contributed by atoms with Gasteiger partial charge in [0, 0.05) is 18.2 Å². The number of nitrogens with one attached hydrogen (secondary N) is 1. The maximum Gasteiger partial charge on any atom is 0.334 e. The zero-order chi connectivity index (χ0) is 13.5. The molecule has 98 valence electrons. The molecule has 1 atom stereocenters. The average Bonchev–Trinajstić information content (AvgIpc) is 2.36. The first-order valence-corrected chi connectivity index (χ1v) is 6.19. The van der Waals surface area contributed by atoms with Gasteiger partial charge in [0.25, 0.3) is 0 Å². The predicted molar refractivity (Wildman–Crippen MR) is 73.4 cm³/mol. The fraction of sp³-hybridized carbons (Fsp3) is 0.400. The van der Waals surface area contributed by atoms with Crippen LogP contribution in [0.3, 0.4) is 0 Å². The zero-order valence-electron chi connectivity index (χ0n) is 11.3. The molecule has 0 amide bonds. The minimum atomic E-state index is -0.332. The molecule has 0 aliphatic rings. The van der Waals surface area contributed by atoms with E-state index in [4.69, 9.17) is 4.74 Å². The summed E-state index contributed by atoms with van der Waals surface area (Å²) in [6, 6.07) is 8.50. The van der Waals surface area contributed by atoms with Crippen LogP contribution in [-0.2, 0) is 9.53 Å². The molecule has 18 heavy (non-hydrogen) atoms. The molecule has 1 rings (SSSR count). The maximum absolute atomic E-state index is 11.4. The van der Waals surface area contributed by atoms with Crippen molar-refractivity contribution in [2.24, 2.45) is 0 Å². The lowest BCUT2D eigenvalue weighted by Gasteiger charge is -2.15. The molecule has 0 spiro atoms. The number of hydrogen-bond donors (Lipinski definition) is 1. The quantitative estimate of drug-likeness (QED) is 0.620. The van der Waals surface area contributed by atoms with Gasteiger partial charge in [0.2, 0.25) is 0 Å². The summed E-state index contributed by atoms with van der Waals surface area (Å²) in [5.41, 5.74) is 2.88. The second kappa shape index (κ2) is 6.97. The lowest BCUT2D eigenvalue weighted by molar-refractivity contribution is -0.138. The van der Waals surface area contributed by atoms with E-state index >= 15 is 0 Å². The Balaban J connectivity index is 2.46. The standard InChI is InChI=1S/C15H21NO2/c1-5-18-15(17)12(3)10-16-13(4)14-8-6-11(2)7-9-14/h6-9,13,16H,3,5,10H2,1-2,4H3. The van der Waals surface area contributed by atoms with Crippen molar-refractivity contribution in [3.8, 4) is 0 Å². The molecule has 0 bridgehead atoms. The molecule has 0 heterocycles. The van der Waals surface area contributed by atoms with Gasteiger partial charge in [-0.2, -0.15) is 0 Å². The fourth-order valence-corrected chi connectivity index (χ4v) is 1.55. The van der Waals surface area contributed by atoms with Crippen LogP contribution in [0.15, 0.2) is 36.4 Å². The van der Waals surface area contributed by atoms with Gasteiger partial charge in [0.15, 0.2) is 0 Å². The number of carbonyl (C=O) groups excluding carboxylic acids is 1. The third kappa shape index (κ3) is 4.34. The van der Waals surface area contributed by atoms with E-state index in [2.05, 4.69) is 50.0 Å². The van der Waals surface area contributed by atoms with Crippen molar-refractivity contribution in [2.45, 2.75) is 26.8 Å². The number of carbonyl (C=O) groups is 1. The van der Waals surface area contributed by atoms with Gasteiger partial charge in [0.1, 0.15) is 0 Å². The van der Waals surface area contributed by atoms with Crippen LogP contribution in [0.2, 0.25) is 0 Å². The first-order valence-electron chi connectivity index (χ1n) is 6.19. The molecule has 3 heteroatoms. The zero-order valence-corrected chi connectivity index (χ0v) is 11.3. The number of esters is 1. The molecule has 0 aliphatic heterocycles. The normalized spacial score (nSPS) is 11.9. The molecule has 0 fully saturated rings. The summed E-state index contributed by atoms with van der Waals surface area (Å²) in [5.74, 6) is -0.332. The van der Waals surface area contributed by atoms with Gasteiger partial charge in [-0.25, -0.2) is 4.79 Å². The Morgan fingerprint density at radius 1 is 1.39 bits per heavy atom. The van der Waals surface area contributed by atoms with E-state index in [1.165, 1.54) is 11.1 Å². The van der Waals surface area contributed by atoms with Crippen LogP contribution < -0.4 is 5.32 Å². The monoisotopic (exact) mass is 247 g/mol.